The Bertz CT molecular complexity index is 329. The first kappa shape index (κ1) is 14.3. The van der Waals surface area contributed by atoms with Gasteiger partial charge in [-0.15, -0.1) is 0 Å². The van der Waals surface area contributed by atoms with Gasteiger partial charge in [-0.3, -0.25) is 9.59 Å². The van der Waals surface area contributed by atoms with E-state index in [9.17, 15) is 9.59 Å². The maximum absolute atomic E-state index is 12.1. The smallest absolute Gasteiger partial charge is 0.305 e. The average molecular weight is 270 g/mol. The predicted octanol–water partition coefficient (Wildman–Crippen LogP) is 0.221. The van der Waals surface area contributed by atoms with E-state index in [1.807, 2.05) is 0 Å². The number of ether oxygens (including phenoxy) is 1. The van der Waals surface area contributed by atoms with Gasteiger partial charge in [-0.1, -0.05) is 0 Å². The summed E-state index contributed by atoms with van der Waals surface area (Å²) in [4.78, 5) is 24.5. The van der Waals surface area contributed by atoms with Crippen LogP contribution in [0.3, 0.4) is 0 Å². The molecule has 19 heavy (non-hydrogen) atoms. The second kappa shape index (κ2) is 6.86. The molecule has 2 saturated heterocycles. The van der Waals surface area contributed by atoms with Crippen LogP contribution in [0.4, 0.5) is 0 Å². The van der Waals surface area contributed by atoms with Crippen LogP contribution in [0.1, 0.15) is 32.1 Å². The van der Waals surface area contributed by atoms with Crippen molar-refractivity contribution in [2.24, 2.45) is 0 Å². The molecule has 2 rings (SSSR count). The molecular formula is C13H22N2O4. The molecule has 0 saturated carbocycles. The normalized spacial score (nSPS) is 24.6. The molecule has 2 aliphatic rings. The van der Waals surface area contributed by atoms with Crippen molar-refractivity contribution >= 4 is 11.9 Å². The van der Waals surface area contributed by atoms with Crippen molar-refractivity contribution in [3.63, 3.8) is 0 Å². The lowest BCUT2D eigenvalue weighted by atomic mass is 10.1. The predicted molar refractivity (Wildman–Crippen MR) is 68.8 cm³/mol. The van der Waals surface area contributed by atoms with Gasteiger partial charge in [0.25, 0.3) is 0 Å². The molecule has 1 atom stereocenters. The summed E-state index contributed by atoms with van der Waals surface area (Å²) in [6.45, 7) is 2.61. The van der Waals surface area contributed by atoms with Crippen molar-refractivity contribution in [1.29, 1.82) is 0 Å². The summed E-state index contributed by atoms with van der Waals surface area (Å²) in [7, 11) is 0. The van der Waals surface area contributed by atoms with Gasteiger partial charge in [-0.05, 0) is 38.8 Å². The Hall–Kier alpha value is -1.14. The molecule has 0 aliphatic carbocycles. The van der Waals surface area contributed by atoms with E-state index in [-0.39, 0.29) is 31.1 Å². The third-order valence-electron chi connectivity index (χ3n) is 3.84. The minimum absolute atomic E-state index is 0.0408. The largest absolute Gasteiger partial charge is 0.481 e. The highest BCUT2D eigenvalue weighted by Gasteiger charge is 2.30. The Balaban J connectivity index is 1.76. The topological polar surface area (TPSA) is 78.9 Å². The van der Waals surface area contributed by atoms with Crippen LogP contribution in [-0.2, 0) is 14.3 Å². The number of hydrogen-bond donors (Lipinski definition) is 2. The molecule has 0 bridgehead atoms. The van der Waals surface area contributed by atoms with Crippen LogP contribution in [0.25, 0.3) is 0 Å². The number of carbonyl (C=O) groups excluding carboxylic acids is 1. The highest BCUT2D eigenvalue weighted by molar-refractivity contribution is 5.79. The first-order valence-electron chi connectivity index (χ1n) is 7.00. The highest BCUT2D eigenvalue weighted by atomic mass is 16.5. The van der Waals surface area contributed by atoms with Crippen LogP contribution < -0.4 is 5.32 Å². The number of rotatable bonds is 5. The summed E-state index contributed by atoms with van der Waals surface area (Å²) >= 11 is 0. The molecule has 2 aliphatic heterocycles. The lowest BCUT2D eigenvalue weighted by Crippen LogP contribution is -2.41. The van der Waals surface area contributed by atoms with Crippen LogP contribution in [0, 0.1) is 0 Å². The van der Waals surface area contributed by atoms with Crippen molar-refractivity contribution in [2.45, 2.75) is 44.2 Å². The first-order valence-corrected chi connectivity index (χ1v) is 7.00. The van der Waals surface area contributed by atoms with Crippen molar-refractivity contribution in [3.05, 3.63) is 0 Å². The van der Waals surface area contributed by atoms with E-state index in [1.54, 1.807) is 4.90 Å². The van der Waals surface area contributed by atoms with Gasteiger partial charge in [0.15, 0.2) is 0 Å². The fourth-order valence-corrected chi connectivity index (χ4v) is 2.81. The van der Waals surface area contributed by atoms with E-state index in [0.29, 0.717) is 6.54 Å². The minimum atomic E-state index is -0.844. The van der Waals surface area contributed by atoms with Gasteiger partial charge in [0.05, 0.1) is 12.5 Å². The van der Waals surface area contributed by atoms with Crippen LogP contribution in [0.5, 0.6) is 0 Å². The molecule has 0 aromatic heterocycles. The highest BCUT2D eigenvalue weighted by Crippen LogP contribution is 2.20. The number of amides is 1. The third kappa shape index (κ3) is 4.18. The summed E-state index contributed by atoms with van der Waals surface area (Å²) < 4.78 is 5.63. The zero-order chi connectivity index (χ0) is 13.7. The van der Waals surface area contributed by atoms with Gasteiger partial charge in [-0.25, -0.2) is 0 Å². The Morgan fingerprint density at radius 1 is 1.26 bits per heavy atom. The fourth-order valence-electron chi connectivity index (χ4n) is 2.81. The molecule has 1 amide bonds. The second-order valence-electron chi connectivity index (χ2n) is 5.24. The molecule has 2 fully saturated rings. The summed E-state index contributed by atoms with van der Waals surface area (Å²) in [5.74, 6) is -0.911. The van der Waals surface area contributed by atoms with E-state index in [2.05, 4.69) is 5.32 Å². The van der Waals surface area contributed by atoms with Gasteiger partial charge in [0.1, 0.15) is 6.61 Å². The molecule has 1 unspecified atom stereocenters. The van der Waals surface area contributed by atoms with Crippen molar-refractivity contribution < 1.29 is 19.4 Å². The van der Waals surface area contributed by atoms with Crippen LogP contribution >= 0.6 is 0 Å². The zero-order valence-electron chi connectivity index (χ0n) is 11.1. The van der Waals surface area contributed by atoms with Gasteiger partial charge >= 0.3 is 5.97 Å². The maximum atomic E-state index is 12.1. The number of aliphatic carboxylic acids is 1. The molecule has 0 aromatic rings. The van der Waals surface area contributed by atoms with Crippen LogP contribution in [0.15, 0.2) is 0 Å². The number of likely N-dealkylation sites (tertiary alicyclic amines) is 1. The zero-order valence-corrected chi connectivity index (χ0v) is 11.1. The SMILES string of the molecule is O=C(O)CC1CCCN1C(=O)COC1CCNCC1. The Morgan fingerprint density at radius 2 is 2.00 bits per heavy atom. The average Bonchev–Trinajstić information content (AvgIpc) is 2.84. The van der Waals surface area contributed by atoms with E-state index in [4.69, 9.17) is 9.84 Å². The molecule has 0 spiro atoms. The number of piperidine rings is 1. The van der Waals surface area contributed by atoms with Crippen molar-refractivity contribution in [2.75, 3.05) is 26.2 Å². The Labute approximate surface area is 113 Å². The molecular weight excluding hydrogens is 248 g/mol. The lowest BCUT2D eigenvalue weighted by molar-refractivity contribution is -0.142. The van der Waals surface area contributed by atoms with Gasteiger partial charge in [0.2, 0.25) is 5.91 Å². The third-order valence-corrected chi connectivity index (χ3v) is 3.84. The Kier molecular flexibility index (Phi) is 5.15. The standard InChI is InChI=1S/C13H22N2O4/c16-12(9-19-11-3-5-14-6-4-11)15-7-1-2-10(15)8-13(17)18/h10-11,14H,1-9H2,(H,17,18). The second-order valence-corrected chi connectivity index (χ2v) is 5.24. The molecule has 6 nitrogen and oxygen atoms in total. The van der Waals surface area contributed by atoms with Crippen molar-refractivity contribution in [3.8, 4) is 0 Å². The number of carboxylic acid groups (broad SMARTS) is 1. The summed E-state index contributed by atoms with van der Waals surface area (Å²) in [6.07, 6.45) is 3.74. The summed E-state index contributed by atoms with van der Waals surface area (Å²) in [5, 5.41) is 12.1. The fraction of sp³-hybridized carbons (Fsp3) is 0.846. The number of carbonyl (C=O) groups is 2. The van der Waals surface area contributed by atoms with E-state index in [1.165, 1.54) is 0 Å². The number of carboxylic acids is 1. The van der Waals surface area contributed by atoms with E-state index >= 15 is 0 Å². The van der Waals surface area contributed by atoms with Gasteiger partial charge in [0, 0.05) is 12.6 Å². The number of nitrogens with zero attached hydrogens (tertiary/aromatic N) is 1. The first-order chi connectivity index (χ1) is 9.16. The quantitative estimate of drug-likeness (QED) is 0.747. The molecule has 2 heterocycles. The number of nitrogens with one attached hydrogen (secondary N) is 1. The summed E-state index contributed by atoms with van der Waals surface area (Å²) in [6, 6.07) is -0.151. The number of hydrogen-bond acceptors (Lipinski definition) is 4. The maximum Gasteiger partial charge on any atom is 0.305 e. The monoisotopic (exact) mass is 270 g/mol. The molecule has 0 aromatic carbocycles. The van der Waals surface area contributed by atoms with Crippen LogP contribution in [-0.4, -0.2) is 60.3 Å². The molecule has 6 heteroatoms. The van der Waals surface area contributed by atoms with Crippen molar-refractivity contribution in [1.82, 2.24) is 10.2 Å². The van der Waals surface area contributed by atoms with Gasteiger partial charge < -0.3 is 20.1 Å². The molecule has 2 N–H and O–H groups in total. The molecule has 108 valence electrons. The Morgan fingerprint density at radius 3 is 2.68 bits per heavy atom. The lowest BCUT2D eigenvalue weighted by Gasteiger charge is -2.26. The van der Waals surface area contributed by atoms with E-state index in [0.717, 1.165) is 38.8 Å². The van der Waals surface area contributed by atoms with E-state index < -0.39 is 5.97 Å². The van der Waals surface area contributed by atoms with Gasteiger partial charge in [-0.2, -0.15) is 0 Å². The minimum Gasteiger partial charge on any atom is -0.481 e. The van der Waals surface area contributed by atoms with Crippen LogP contribution in [0.2, 0.25) is 0 Å². The molecule has 0 radical (unpaired) electrons. The summed E-state index contributed by atoms with van der Waals surface area (Å²) in [5.41, 5.74) is 0.